The van der Waals surface area contributed by atoms with Crippen molar-refractivity contribution in [2.45, 2.75) is 31.7 Å². The van der Waals surface area contributed by atoms with Gasteiger partial charge in [-0.25, -0.2) is 18.7 Å². The minimum Gasteiger partial charge on any atom is -0.495 e. The Morgan fingerprint density at radius 3 is 2.47 bits per heavy atom. The van der Waals surface area contributed by atoms with E-state index in [0.29, 0.717) is 24.1 Å². The summed E-state index contributed by atoms with van der Waals surface area (Å²) in [6, 6.07) is 7.42. The lowest BCUT2D eigenvalue weighted by atomic mass is 10.1. The van der Waals surface area contributed by atoms with E-state index in [1.54, 1.807) is 25.1 Å². The summed E-state index contributed by atoms with van der Waals surface area (Å²) < 4.78 is 92.7. The Balaban J connectivity index is 1.67. The van der Waals surface area contributed by atoms with Crippen molar-refractivity contribution >= 4 is 37.1 Å². The molecule has 1 amide bonds. The zero-order valence-electron chi connectivity index (χ0n) is 25.2. The monoisotopic (exact) mass is 684 g/mol. The third-order valence-electron chi connectivity index (χ3n) is 6.40. The van der Waals surface area contributed by atoms with Gasteiger partial charge in [-0.05, 0) is 36.8 Å². The molecule has 1 aromatic carbocycles. The first-order valence-electron chi connectivity index (χ1n) is 13.8. The number of aliphatic hydroxyl groups is 1. The molecule has 3 aromatic heterocycles. The number of halogens is 5. The molecule has 0 aliphatic carbocycles. The molecule has 1 atom stereocenters. The number of amides is 1. The van der Waals surface area contributed by atoms with Crippen LogP contribution in [0.1, 0.15) is 28.5 Å². The standard InChI is InChI=1S/C28H30F5N8O5P/c1-4-46-47(44)13-16-5-6-20(22(9-16)45-3)39-26-35-11-18(28(31,32)33)24(40-26)38-21-8-7-19(37-23(21)25(43)34-2)17-10-36-41(12-17)14-27(29,30)15-42/h5-12,42,47H,4,13-15H2,1-3H3,(H,34,43)(H2,35,38,39,40). The average molecular weight is 685 g/mol. The third kappa shape index (κ3) is 8.99. The van der Waals surface area contributed by atoms with Crippen LogP contribution < -0.4 is 20.7 Å². The highest BCUT2D eigenvalue weighted by molar-refractivity contribution is 7.38. The summed E-state index contributed by atoms with van der Waals surface area (Å²) >= 11 is 0. The Morgan fingerprint density at radius 1 is 1.06 bits per heavy atom. The lowest BCUT2D eigenvalue weighted by Gasteiger charge is -2.17. The van der Waals surface area contributed by atoms with Crippen LogP contribution in [0.15, 0.2) is 48.9 Å². The molecule has 4 aromatic rings. The van der Waals surface area contributed by atoms with Crippen molar-refractivity contribution in [2.24, 2.45) is 0 Å². The van der Waals surface area contributed by atoms with E-state index in [2.05, 4.69) is 36.0 Å². The van der Waals surface area contributed by atoms with Gasteiger partial charge < -0.3 is 30.3 Å². The SMILES string of the molecule is CCO[PH](=O)Cc1ccc(Nc2ncc(C(F)(F)F)c(Nc3ccc(-c4cnn(CC(F)(F)CO)c4)nc3C(=O)NC)n2)c(OC)c1. The Kier molecular flexibility index (Phi) is 11.1. The fraction of sp³-hybridized carbons (Fsp3) is 0.321. The van der Waals surface area contributed by atoms with E-state index in [1.807, 2.05) is 0 Å². The molecular formula is C28H30F5N8O5P. The number of methoxy groups -OCH3 is 1. The number of ether oxygens (including phenoxy) is 1. The second-order valence-electron chi connectivity index (χ2n) is 9.83. The van der Waals surface area contributed by atoms with Gasteiger partial charge in [-0.15, -0.1) is 0 Å². The van der Waals surface area contributed by atoms with Crippen LogP contribution in [0.4, 0.5) is 45.1 Å². The maximum absolute atomic E-state index is 14.0. The highest BCUT2D eigenvalue weighted by Crippen LogP contribution is 2.37. The molecular weight excluding hydrogens is 654 g/mol. The van der Waals surface area contributed by atoms with Gasteiger partial charge >= 0.3 is 6.18 Å². The van der Waals surface area contributed by atoms with Crippen molar-refractivity contribution in [3.63, 3.8) is 0 Å². The van der Waals surface area contributed by atoms with E-state index in [4.69, 9.17) is 14.4 Å². The largest absolute Gasteiger partial charge is 0.495 e. The number of carbonyl (C=O) groups is 1. The molecule has 4 N–H and O–H groups in total. The fourth-order valence-corrected chi connectivity index (χ4v) is 5.18. The molecule has 252 valence electrons. The van der Waals surface area contributed by atoms with Crippen molar-refractivity contribution in [1.82, 2.24) is 30.0 Å². The zero-order valence-corrected chi connectivity index (χ0v) is 26.2. The van der Waals surface area contributed by atoms with Crippen LogP contribution in [0.2, 0.25) is 0 Å². The van der Waals surface area contributed by atoms with Crippen LogP contribution in [0, 0.1) is 0 Å². The Morgan fingerprint density at radius 2 is 1.81 bits per heavy atom. The number of alkyl halides is 5. The van der Waals surface area contributed by atoms with Crippen LogP contribution >= 0.6 is 8.03 Å². The highest BCUT2D eigenvalue weighted by Gasteiger charge is 2.36. The Hall–Kier alpha value is -4.67. The van der Waals surface area contributed by atoms with E-state index >= 15 is 0 Å². The van der Waals surface area contributed by atoms with Gasteiger partial charge in [-0.3, -0.25) is 14.0 Å². The summed E-state index contributed by atoms with van der Waals surface area (Å²) in [6.45, 7) is -0.287. The van der Waals surface area contributed by atoms with Crippen molar-refractivity contribution < 1.29 is 45.7 Å². The number of nitrogens with zero attached hydrogens (tertiary/aromatic N) is 5. The summed E-state index contributed by atoms with van der Waals surface area (Å²) in [5.41, 5.74) is -0.455. The number of carbonyl (C=O) groups excluding carboxylic acids is 1. The van der Waals surface area contributed by atoms with Crippen LogP contribution in [0.3, 0.4) is 0 Å². The van der Waals surface area contributed by atoms with Gasteiger partial charge in [0, 0.05) is 31.2 Å². The predicted molar refractivity (Wildman–Crippen MR) is 162 cm³/mol. The van der Waals surface area contributed by atoms with Crippen LogP contribution in [0.25, 0.3) is 11.3 Å². The highest BCUT2D eigenvalue weighted by atomic mass is 31.1. The van der Waals surface area contributed by atoms with E-state index < -0.39 is 50.6 Å². The summed E-state index contributed by atoms with van der Waals surface area (Å²) in [5.74, 6) is -4.89. The molecule has 0 aliphatic rings. The molecule has 0 spiro atoms. The minimum absolute atomic E-state index is 0.107. The van der Waals surface area contributed by atoms with Gasteiger partial charge in [0.25, 0.3) is 11.8 Å². The first-order valence-corrected chi connectivity index (χ1v) is 15.3. The first-order chi connectivity index (χ1) is 22.3. The Labute approximate surface area is 265 Å². The molecule has 19 heteroatoms. The molecule has 47 heavy (non-hydrogen) atoms. The molecule has 3 heterocycles. The molecule has 1 unspecified atom stereocenters. The molecule has 13 nitrogen and oxygen atoms in total. The second-order valence-corrected chi connectivity index (χ2v) is 11.2. The quantitative estimate of drug-likeness (QED) is 0.101. The zero-order chi connectivity index (χ0) is 34.4. The maximum Gasteiger partial charge on any atom is 0.421 e. The van der Waals surface area contributed by atoms with Gasteiger partial charge in [-0.1, -0.05) is 6.07 Å². The average Bonchev–Trinajstić information content (AvgIpc) is 3.49. The lowest BCUT2D eigenvalue weighted by molar-refractivity contribution is -0.137. The molecule has 4 rings (SSSR count). The van der Waals surface area contributed by atoms with Crippen LogP contribution in [0.5, 0.6) is 5.75 Å². The number of hydrogen-bond acceptors (Lipinski definition) is 11. The van der Waals surface area contributed by atoms with Crippen molar-refractivity contribution in [3.05, 3.63) is 65.7 Å². The number of pyridine rings is 1. The molecule has 0 bridgehead atoms. The number of aliphatic hydroxyl groups excluding tert-OH is 1. The maximum atomic E-state index is 14.0. The van der Waals surface area contributed by atoms with E-state index in [9.17, 15) is 31.3 Å². The van der Waals surface area contributed by atoms with Gasteiger partial charge in [0.05, 0.1) is 37.0 Å². The number of anilines is 4. The number of nitrogens with one attached hydrogen (secondary N) is 3. The topological polar surface area (TPSA) is 165 Å². The summed E-state index contributed by atoms with van der Waals surface area (Å²) in [6.07, 6.45) is -1.75. The number of hydrogen-bond donors (Lipinski definition) is 4. The second kappa shape index (κ2) is 14.8. The van der Waals surface area contributed by atoms with Gasteiger partial charge in [0.2, 0.25) is 5.95 Å². The van der Waals surface area contributed by atoms with Crippen molar-refractivity contribution in [1.29, 1.82) is 0 Å². The van der Waals surface area contributed by atoms with Crippen LogP contribution in [-0.2, 0) is 28.0 Å². The molecule has 0 fully saturated rings. The lowest BCUT2D eigenvalue weighted by Crippen LogP contribution is -2.28. The molecule has 0 saturated carbocycles. The number of benzene rings is 1. The number of rotatable bonds is 14. The Bertz CT molecular complexity index is 1750. The minimum atomic E-state index is -4.90. The number of aromatic nitrogens is 5. The van der Waals surface area contributed by atoms with Crippen molar-refractivity contribution in [2.75, 3.05) is 38.0 Å². The molecule has 0 aliphatic heterocycles. The van der Waals surface area contributed by atoms with E-state index in [1.165, 1.54) is 38.7 Å². The van der Waals surface area contributed by atoms with Gasteiger partial charge in [-0.2, -0.15) is 23.3 Å². The van der Waals surface area contributed by atoms with Crippen molar-refractivity contribution in [3.8, 4) is 17.0 Å². The summed E-state index contributed by atoms with van der Waals surface area (Å²) in [7, 11) is 0.350. The summed E-state index contributed by atoms with van der Waals surface area (Å²) in [5, 5.41) is 20.3. The predicted octanol–water partition coefficient (Wildman–Crippen LogP) is 5.25. The summed E-state index contributed by atoms with van der Waals surface area (Å²) in [4.78, 5) is 24.8. The molecule has 0 saturated heterocycles. The smallest absolute Gasteiger partial charge is 0.421 e. The van der Waals surface area contributed by atoms with Gasteiger partial charge in [0.15, 0.2) is 13.7 Å². The first kappa shape index (κ1) is 35.2. The molecule has 0 radical (unpaired) electrons. The fourth-order valence-electron chi connectivity index (χ4n) is 4.20. The van der Waals surface area contributed by atoms with E-state index in [-0.39, 0.29) is 40.5 Å². The van der Waals surface area contributed by atoms with Crippen LogP contribution in [-0.4, -0.2) is 69.0 Å². The van der Waals surface area contributed by atoms with Gasteiger partial charge in [0.1, 0.15) is 30.3 Å². The normalized spacial score (nSPS) is 12.4. The van der Waals surface area contributed by atoms with E-state index in [0.717, 1.165) is 4.68 Å². The third-order valence-corrected chi connectivity index (χ3v) is 7.71.